The zero-order valence-corrected chi connectivity index (χ0v) is 5.77. The Morgan fingerprint density at radius 3 is 2.58 bits per heavy atom. The van der Waals surface area contributed by atoms with Crippen LogP contribution in [0.4, 0.5) is 18.9 Å². The van der Waals surface area contributed by atoms with Gasteiger partial charge in [0.1, 0.15) is 5.69 Å². The average Bonchev–Trinajstić information content (AvgIpc) is 2.00. The number of H-pyrrole nitrogens is 1. The molecule has 0 bridgehead atoms. The van der Waals surface area contributed by atoms with Gasteiger partial charge in [-0.25, -0.2) is 13.2 Å². The second-order valence-corrected chi connectivity index (χ2v) is 2.10. The van der Waals surface area contributed by atoms with Crippen LogP contribution < -0.4 is 11.2 Å². The highest BCUT2D eigenvalue weighted by Crippen LogP contribution is 2.17. The van der Waals surface area contributed by atoms with Crippen molar-refractivity contribution in [3.8, 4) is 0 Å². The molecule has 3 nitrogen and oxygen atoms in total. The Balaban J connectivity index is 3.37. The van der Waals surface area contributed by atoms with Gasteiger partial charge < -0.3 is 10.7 Å². The lowest BCUT2D eigenvalue weighted by Crippen LogP contribution is -2.16. The number of anilines is 1. The van der Waals surface area contributed by atoms with Crippen molar-refractivity contribution >= 4 is 5.69 Å². The van der Waals surface area contributed by atoms with Gasteiger partial charge in [-0.3, -0.25) is 4.79 Å². The molecule has 0 fully saturated rings. The van der Waals surface area contributed by atoms with Gasteiger partial charge in [0.15, 0.2) is 5.82 Å². The topological polar surface area (TPSA) is 58.9 Å². The number of nitrogen functional groups attached to an aromatic ring is 1. The fourth-order valence-electron chi connectivity index (χ4n) is 0.692. The maximum Gasteiger partial charge on any atom is 0.281 e. The van der Waals surface area contributed by atoms with Gasteiger partial charge >= 0.3 is 0 Å². The molecule has 0 spiro atoms. The third kappa shape index (κ3) is 1.27. The second-order valence-electron chi connectivity index (χ2n) is 2.10. The second kappa shape index (κ2) is 2.88. The molecule has 1 rings (SSSR count). The number of halogens is 3. The Kier molecular flexibility index (Phi) is 2.07. The molecule has 66 valence electrons. The van der Waals surface area contributed by atoms with Crippen molar-refractivity contribution < 1.29 is 13.2 Å². The highest BCUT2D eigenvalue weighted by Gasteiger charge is 2.17. The van der Waals surface area contributed by atoms with Crippen LogP contribution in [0.1, 0.15) is 12.1 Å². The highest BCUT2D eigenvalue weighted by atomic mass is 19.3. The van der Waals surface area contributed by atoms with Gasteiger partial charge in [0.05, 0.1) is 5.69 Å². The largest absolute Gasteiger partial charge is 0.394 e. The number of nitrogens with two attached hydrogens (primary N) is 1. The van der Waals surface area contributed by atoms with Crippen LogP contribution in [0, 0.1) is 5.82 Å². The zero-order valence-electron chi connectivity index (χ0n) is 5.77. The lowest BCUT2D eigenvalue weighted by molar-refractivity contribution is 0.140. The van der Waals surface area contributed by atoms with Crippen molar-refractivity contribution in [1.82, 2.24) is 4.98 Å². The van der Waals surface area contributed by atoms with Crippen LogP contribution in [0.3, 0.4) is 0 Å². The van der Waals surface area contributed by atoms with E-state index in [0.29, 0.717) is 0 Å². The fraction of sp³-hybridized carbons (Fsp3) is 0.167. The number of hydrogen-bond acceptors (Lipinski definition) is 2. The van der Waals surface area contributed by atoms with E-state index in [1.807, 2.05) is 4.98 Å². The number of rotatable bonds is 1. The molecule has 1 aromatic heterocycles. The molecule has 0 aromatic carbocycles. The molecule has 0 aliphatic carbocycles. The van der Waals surface area contributed by atoms with Crippen LogP contribution >= 0.6 is 0 Å². The third-order valence-corrected chi connectivity index (χ3v) is 1.30. The van der Waals surface area contributed by atoms with Crippen LogP contribution in [-0.2, 0) is 0 Å². The summed E-state index contributed by atoms with van der Waals surface area (Å²) in [6, 6.07) is 0. The van der Waals surface area contributed by atoms with E-state index in [1.165, 1.54) is 0 Å². The molecular weight excluding hydrogens is 173 g/mol. The molecular formula is C6H5F3N2O. The van der Waals surface area contributed by atoms with E-state index in [4.69, 9.17) is 5.73 Å². The zero-order chi connectivity index (χ0) is 9.30. The molecule has 1 aromatic rings. The van der Waals surface area contributed by atoms with E-state index in [9.17, 15) is 18.0 Å². The molecule has 0 atom stereocenters. The van der Waals surface area contributed by atoms with Gasteiger partial charge in [-0.1, -0.05) is 0 Å². The molecule has 0 radical (unpaired) electrons. The molecule has 1 heterocycles. The van der Waals surface area contributed by atoms with Gasteiger partial charge in [-0.05, 0) is 0 Å². The molecule has 0 saturated heterocycles. The van der Waals surface area contributed by atoms with Gasteiger partial charge in [0, 0.05) is 6.20 Å². The Labute approximate surface area is 65.0 Å². The molecule has 0 aliphatic heterocycles. The normalized spacial score (nSPS) is 10.7. The first-order chi connectivity index (χ1) is 5.54. The minimum absolute atomic E-state index is 0.420. The molecule has 0 unspecified atom stereocenters. The van der Waals surface area contributed by atoms with E-state index in [-0.39, 0.29) is 0 Å². The van der Waals surface area contributed by atoms with Crippen LogP contribution in [0.2, 0.25) is 0 Å². The van der Waals surface area contributed by atoms with Crippen LogP contribution in [0.5, 0.6) is 0 Å². The fourth-order valence-corrected chi connectivity index (χ4v) is 0.692. The number of aromatic amines is 1. The van der Waals surface area contributed by atoms with Gasteiger partial charge in [0.25, 0.3) is 6.43 Å². The Bertz CT molecular complexity index is 347. The standard InChI is InChI=1S/C6H5F3N2O/c7-3-4(6(8)9)11-1-2(10)5(3)12/h1,6H,10H2,(H,11,12). The van der Waals surface area contributed by atoms with Crippen molar-refractivity contribution in [3.63, 3.8) is 0 Å². The Hall–Kier alpha value is -1.46. The summed E-state index contributed by atoms with van der Waals surface area (Å²) in [7, 11) is 0. The smallest absolute Gasteiger partial charge is 0.281 e. The minimum atomic E-state index is -3.04. The Morgan fingerprint density at radius 2 is 2.08 bits per heavy atom. The molecule has 3 N–H and O–H groups in total. The van der Waals surface area contributed by atoms with Crippen molar-refractivity contribution in [1.29, 1.82) is 0 Å². The van der Waals surface area contributed by atoms with Gasteiger partial charge in [-0.15, -0.1) is 0 Å². The molecule has 0 saturated carbocycles. The van der Waals surface area contributed by atoms with Crippen molar-refractivity contribution in [2.45, 2.75) is 6.43 Å². The average molecular weight is 178 g/mol. The van der Waals surface area contributed by atoms with Crippen molar-refractivity contribution in [2.75, 3.05) is 5.73 Å². The van der Waals surface area contributed by atoms with Crippen LogP contribution in [0.15, 0.2) is 11.0 Å². The SMILES string of the molecule is Nc1c[nH]c(C(F)F)c(F)c1=O. The van der Waals surface area contributed by atoms with E-state index >= 15 is 0 Å². The lowest BCUT2D eigenvalue weighted by atomic mass is 10.3. The summed E-state index contributed by atoms with van der Waals surface area (Å²) < 4.78 is 36.4. The number of aromatic nitrogens is 1. The predicted octanol–water partition coefficient (Wildman–Crippen LogP) is 1.03. The summed E-state index contributed by atoms with van der Waals surface area (Å²) in [6.45, 7) is 0. The molecule has 12 heavy (non-hydrogen) atoms. The molecule has 0 aliphatic rings. The first-order valence-electron chi connectivity index (χ1n) is 2.98. The Morgan fingerprint density at radius 1 is 1.50 bits per heavy atom. The maximum atomic E-state index is 12.6. The number of alkyl halides is 2. The van der Waals surface area contributed by atoms with Crippen LogP contribution in [-0.4, -0.2) is 4.98 Å². The van der Waals surface area contributed by atoms with E-state index in [2.05, 4.69) is 0 Å². The highest BCUT2D eigenvalue weighted by molar-refractivity contribution is 5.35. The minimum Gasteiger partial charge on any atom is -0.394 e. The van der Waals surface area contributed by atoms with E-state index < -0.39 is 29.1 Å². The summed E-state index contributed by atoms with van der Waals surface area (Å²) in [4.78, 5) is 12.5. The van der Waals surface area contributed by atoms with Gasteiger partial charge in [-0.2, -0.15) is 0 Å². The van der Waals surface area contributed by atoms with E-state index in [0.717, 1.165) is 6.20 Å². The lowest BCUT2D eigenvalue weighted by Gasteiger charge is -2.00. The van der Waals surface area contributed by atoms with Crippen molar-refractivity contribution in [3.05, 3.63) is 27.9 Å². The quantitative estimate of drug-likeness (QED) is 0.674. The monoisotopic (exact) mass is 178 g/mol. The summed E-state index contributed by atoms with van der Waals surface area (Å²) in [5, 5.41) is 0. The predicted molar refractivity (Wildman–Crippen MR) is 36.4 cm³/mol. The summed E-state index contributed by atoms with van der Waals surface area (Å²) in [6.07, 6.45) is -2.20. The first kappa shape index (κ1) is 8.63. The summed E-state index contributed by atoms with van der Waals surface area (Å²) in [5.74, 6) is -1.52. The number of nitrogens with one attached hydrogen (secondary N) is 1. The third-order valence-electron chi connectivity index (χ3n) is 1.30. The van der Waals surface area contributed by atoms with Gasteiger partial charge in [0.2, 0.25) is 5.43 Å². The van der Waals surface area contributed by atoms with Crippen molar-refractivity contribution in [2.24, 2.45) is 0 Å². The van der Waals surface area contributed by atoms with E-state index in [1.54, 1.807) is 0 Å². The summed E-state index contributed by atoms with van der Waals surface area (Å²) in [5.41, 5.74) is 2.30. The summed E-state index contributed by atoms with van der Waals surface area (Å²) >= 11 is 0. The molecule has 6 heteroatoms. The number of hydrogen-bond donors (Lipinski definition) is 2. The first-order valence-corrected chi connectivity index (χ1v) is 2.98. The van der Waals surface area contributed by atoms with Crippen LogP contribution in [0.25, 0.3) is 0 Å². The number of pyridine rings is 1. The molecule has 0 amide bonds. The maximum absolute atomic E-state index is 12.6.